The maximum Gasteiger partial charge on any atom is 0.433 e. The average molecular weight is 950 g/mol. The number of piperidine rings is 1. The first kappa shape index (κ1) is 49.0. The second-order valence-electron chi connectivity index (χ2n) is 20.4. The number of piperazine rings is 1. The van der Waals surface area contributed by atoms with Gasteiger partial charge in [-0.3, -0.25) is 14.6 Å². The topological polar surface area (TPSA) is 138 Å². The molecule has 16 heteroatoms. The van der Waals surface area contributed by atoms with Crippen LogP contribution in [0.2, 0.25) is 0 Å². The predicted molar refractivity (Wildman–Crippen MR) is 249 cm³/mol. The fourth-order valence-corrected chi connectivity index (χ4v) is 12.9. The van der Waals surface area contributed by atoms with Crippen molar-refractivity contribution < 1.29 is 51.9 Å². The van der Waals surface area contributed by atoms with Gasteiger partial charge in [-0.2, -0.15) is 13.2 Å². The Morgan fingerprint density at radius 3 is 2.38 bits per heavy atom. The van der Waals surface area contributed by atoms with Crippen LogP contribution < -0.4 is 19.5 Å². The number of ether oxygens (including phenoxy) is 5. The molecule has 1 aromatic heterocycles. The molecule has 372 valence electrons. The van der Waals surface area contributed by atoms with E-state index in [-0.39, 0.29) is 36.0 Å². The van der Waals surface area contributed by atoms with Gasteiger partial charge < -0.3 is 44.1 Å². The molecule has 2 saturated carbocycles. The summed E-state index contributed by atoms with van der Waals surface area (Å²) in [5.41, 5.74) is 3.12. The van der Waals surface area contributed by atoms with E-state index in [0.717, 1.165) is 88.8 Å². The monoisotopic (exact) mass is 950 g/mol. The fourth-order valence-electron chi connectivity index (χ4n) is 12.9. The zero-order valence-corrected chi connectivity index (χ0v) is 39.8. The summed E-state index contributed by atoms with van der Waals surface area (Å²) >= 11 is 0. The molecule has 68 heavy (non-hydrogen) atoms. The number of pyridine rings is 1. The minimum absolute atomic E-state index is 0.00822. The summed E-state index contributed by atoms with van der Waals surface area (Å²) in [6, 6.07) is 18.3. The number of nitrogens with zero attached hydrogens (tertiary/aromatic N) is 4. The number of alkyl halides is 3. The van der Waals surface area contributed by atoms with E-state index in [9.17, 15) is 28.2 Å². The molecule has 13 nitrogen and oxygen atoms in total. The van der Waals surface area contributed by atoms with Crippen LogP contribution in [0.3, 0.4) is 0 Å². The molecule has 0 spiro atoms. The molecule has 3 N–H and O–H groups in total. The first-order valence-electron chi connectivity index (χ1n) is 24.8. The summed E-state index contributed by atoms with van der Waals surface area (Å²) in [5, 5.41) is 25.4. The highest BCUT2D eigenvalue weighted by atomic mass is 19.4. The minimum Gasteiger partial charge on any atom is -0.497 e. The Labute approximate surface area is 398 Å². The number of hydrogen-bond acceptors (Lipinski definition) is 12. The van der Waals surface area contributed by atoms with Crippen molar-refractivity contribution in [1.29, 1.82) is 0 Å². The second kappa shape index (κ2) is 20.7. The number of aliphatic hydroxyl groups is 2. The van der Waals surface area contributed by atoms with Crippen molar-refractivity contribution in [2.24, 2.45) is 17.3 Å². The first-order valence-corrected chi connectivity index (χ1v) is 24.8. The highest BCUT2D eigenvalue weighted by Gasteiger charge is 2.62. The molecule has 0 radical (unpaired) electrons. The molecule has 6 aliphatic rings. The summed E-state index contributed by atoms with van der Waals surface area (Å²) in [6.07, 6.45) is 1.01. The molecule has 3 aliphatic carbocycles. The summed E-state index contributed by atoms with van der Waals surface area (Å²) in [4.78, 5) is 23.1. The van der Waals surface area contributed by atoms with E-state index in [1.165, 1.54) is 43.4 Å². The molecule has 0 bridgehead atoms. The van der Waals surface area contributed by atoms with Gasteiger partial charge >= 0.3 is 6.18 Å². The molecule has 4 heterocycles. The molecule has 5 fully saturated rings. The smallest absolute Gasteiger partial charge is 0.433 e. The number of likely N-dealkylation sites (tertiary alicyclic amines) is 1. The van der Waals surface area contributed by atoms with Crippen molar-refractivity contribution >= 4 is 5.91 Å². The Kier molecular flexibility index (Phi) is 14.9. The van der Waals surface area contributed by atoms with Crippen molar-refractivity contribution in [1.82, 2.24) is 25.0 Å². The number of carbonyl (C=O) groups excluding carboxylic acids is 1. The zero-order chi connectivity index (χ0) is 47.6. The van der Waals surface area contributed by atoms with Crippen LogP contribution in [-0.2, 0) is 33.4 Å². The van der Waals surface area contributed by atoms with Crippen LogP contribution in [0.15, 0.2) is 60.7 Å². The maximum absolute atomic E-state index is 13.2. The van der Waals surface area contributed by atoms with Gasteiger partial charge in [0.15, 0.2) is 12.7 Å². The van der Waals surface area contributed by atoms with Crippen LogP contribution in [0.5, 0.6) is 17.4 Å². The molecule has 9 atom stereocenters. The van der Waals surface area contributed by atoms with Gasteiger partial charge in [0.1, 0.15) is 29.4 Å². The van der Waals surface area contributed by atoms with E-state index in [2.05, 4.69) is 45.2 Å². The predicted octanol–water partition coefficient (Wildman–Crippen LogP) is 6.09. The van der Waals surface area contributed by atoms with E-state index in [1.54, 1.807) is 12.7 Å². The van der Waals surface area contributed by atoms with E-state index in [0.29, 0.717) is 49.2 Å². The van der Waals surface area contributed by atoms with Crippen molar-refractivity contribution in [3.05, 3.63) is 83.0 Å². The zero-order valence-electron chi connectivity index (χ0n) is 39.8. The lowest BCUT2D eigenvalue weighted by Gasteiger charge is -2.54. The average Bonchev–Trinajstić information content (AvgIpc) is 3.65. The Balaban J connectivity index is 0.654. The molecular formula is C52H70F3N5O8. The molecule has 3 aliphatic heterocycles. The third kappa shape index (κ3) is 10.4. The van der Waals surface area contributed by atoms with E-state index < -0.39 is 36.3 Å². The normalized spacial score (nSPS) is 31.4. The van der Waals surface area contributed by atoms with Crippen molar-refractivity contribution in [2.45, 2.75) is 119 Å². The number of methoxy groups -OCH3 is 2. The number of amides is 1. The van der Waals surface area contributed by atoms with Gasteiger partial charge in [0.2, 0.25) is 5.88 Å². The Morgan fingerprint density at radius 1 is 0.897 bits per heavy atom. The van der Waals surface area contributed by atoms with Crippen molar-refractivity contribution in [2.75, 3.05) is 79.8 Å². The van der Waals surface area contributed by atoms with Gasteiger partial charge in [0.05, 0.1) is 25.4 Å². The largest absolute Gasteiger partial charge is 0.497 e. The van der Waals surface area contributed by atoms with Gasteiger partial charge in [-0.1, -0.05) is 31.2 Å². The van der Waals surface area contributed by atoms with E-state index in [1.807, 2.05) is 36.3 Å². The third-order valence-corrected chi connectivity index (χ3v) is 16.9. The molecule has 9 rings (SSSR count). The highest BCUT2D eigenvalue weighted by Crippen LogP contribution is 2.66. The van der Waals surface area contributed by atoms with E-state index >= 15 is 0 Å². The van der Waals surface area contributed by atoms with Gasteiger partial charge in [-0.15, -0.1) is 0 Å². The lowest BCUT2D eigenvalue weighted by atomic mass is 9.53. The molecule has 0 unspecified atom stereocenters. The number of benzene rings is 2. The number of halogens is 3. The summed E-state index contributed by atoms with van der Waals surface area (Å²) in [5.74, 6) is 3.37. The highest BCUT2D eigenvalue weighted by molar-refractivity contribution is 5.77. The SMILES string of the molecule is COc1ccc2c(c1)CC[C@@H]1[C@@H]2CC[C@@]2(C)[C@H]1CC[C@]2(CCNC1CCN(C(=O)COc2ccc(CN3CCN(C[C@H]4OC[C@H](Oc5cccc(C(F)(F)F)n5)[C@@H](O)[C@H]4O)CC3)cc2)CC1)OC. The molecular weight excluding hydrogens is 880 g/mol. The van der Waals surface area contributed by atoms with Gasteiger partial charge in [0, 0.05) is 71.6 Å². The van der Waals surface area contributed by atoms with Gasteiger partial charge in [-0.25, -0.2) is 4.98 Å². The molecule has 3 aromatic rings. The number of hydrogen-bond donors (Lipinski definition) is 3. The Morgan fingerprint density at radius 2 is 1.65 bits per heavy atom. The number of aromatic nitrogens is 1. The standard InChI is InChI=1S/C52H70F3N5O8/c1-50-19-15-40-39-14-12-38(64-2)29-35(39)9-13-41(40)42(50)16-20-51(50,65-3)21-22-56-36-17-23-60(24-18-36)47(61)33-66-37-10-7-34(8-11-37)30-58-25-27-59(28-26-58)31-43-48(62)49(63)44(32-67-43)68-46-6-4-5-45(57-46)52(53,54)55/h4-8,10-12,14,29,36,40-44,48-49,56,62-63H,9,13,15-28,30-33H2,1-3H3/t40-,41-,42+,43-,44+,48+,49-,50+,51-/m1/s1. The summed E-state index contributed by atoms with van der Waals surface area (Å²) < 4.78 is 68.7. The maximum atomic E-state index is 13.2. The second-order valence-corrected chi connectivity index (χ2v) is 20.4. The first-order chi connectivity index (χ1) is 32.8. The number of carbonyl (C=O) groups is 1. The molecule has 3 saturated heterocycles. The Hall–Kier alpha value is -4.03. The lowest BCUT2D eigenvalue weighted by molar-refractivity contribution is -0.186. The van der Waals surface area contributed by atoms with Crippen LogP contribution in [-0.4, -0.2) is 152 Å². The van der Waals surface area contributed by atoms with Gasteiger partial charge in [-0.05, 0) is 135 Å². The molecule has 2 aromatic carbocycles. The third-order valence-electron chi connectivity index (χ3n) is 16.9. The molecule has 1 amide bonds. The number of nitrogens with one attached hydrogen (secondary N) is 1. The van der Waals surface area contributed by atoms with Crippen LogP contribution in [0.1, 0.15) is 86.6 Å². The minimum atomic E-state index is -4.63. The quantitative estimate of drug-likeness (QED) is 0.163. The number of aryl methyl sites for hydroxylation is 1. The van der Waals surface area contributed by atoms with E-state index in [4.69, 9.17) is 23.7 Å². The van der Waals surface area contributed by atoms with Crippen LogP contribution >= 0.6 is 0 Å². The summed E-state index contributed by atoms with van der Waals surface area (Å²) in [7, 11) is 3.70. The van der Waals surface area contributed by atoms with Gasteiger partial charge in [0.25, 0.3) is 5.91 Å². The fraction of sp³-hybridized carbons (Fsp3) is 0.654. The van der Waals surface area contributed by atoms with Crippen molar-refractivity contribution in [3.63, 3.8) is 0 Å². The van der Waals surface area contributed by atoms with Crippen LogP contribution in [0, 0.1) is 17.3 Å². The number of aliphatic hydroxyl groups excluding tert-OH is 2. The lowest BCUT2D eigenvalue weighted by Crippen LogP contribution is -2.59. The van der Waals surface area contributed by atoms with Crippen molar-refractivity contribution in [3.8, 4) is 17.4 Å². The number of rotatable bonds is 15. The number of fused-ring (bicyclic) bond motifs is 5. The van der Waals surface area contributed by atoms with Crippen LogP contribution in [0.25, 0.3) is 0 Å². The van der Waals surface area contributed by atoms with Crippen LogP contribution in [0.4, 0.5) is 13.2 Å². The Bertz CT molecular complexity index is 2170. The summed E-state index contributed by atoms with van der Waals surface area (Å²) in [6.45, 7) is 8.98.